The van der Waals surface area contributed by atoms with E-state index in [9.17, 15) is 9.59 Å². The monoisotopic (exact) mass is 392 g/mol. The van der Waals surface area contributed by atoms with Crippen LogP contribution in [0.4, 0.5) is 0 Å². The number of likely N-dealkylation sites (tertiary alicyclic amines) is 1. The first kappa shape index (κ1) is 19.1. The summed E-state index contributed by atoms with van der Waals surface area (Å²) in [4.78, 5) is 26.3. The van der Waals surface area contributed by atoms with Crippen molar-refractivity contribution in [3.05, 3.63) is 71.8 Å². The van der Waals surface area contributed by atoms with E-state index in [2.05, 4.69) is 11.9 Å². The van der Waals surface area contributed by atoms with Crippen LogP contribution in [0.2, 0.25) is 0 Å². The van der Waals surface area contributed by atoms with Crippen molar-refractivity contribution in [2.24, 2.45) is 0 Å². The molecule has 0 spiro atoms. The summed E-state index contributed by atoms with van der Waals surface area (Å²) in [5.74, 6) is 1.31. The number of nitrogens with one attached hydrogen (secondary N) is 1. The van der Waals surface area contributed by atoms with Crippen molar-refractivity contribution in [2.45, 2.75) is 25.4 Å². The molecule has 0 bridgehead atoms. The van der Waals surface area contributed by atoms with E-state index in [0.29, 0.717) is 25.3 Å². The second kappa shape index (κ2) is 8.39. The SMILES string of the molecule is C=CC(=O)NCc1ccc(C(=O)N2CCCC2c2ccc3c(c2)OCCO3)cc1. The van der Waals surface area contributed by atoms with Gasteiger partial charge in [0.2, 0.25) is 5.91 Å². The van der Waals surface area contributed by atoms with Gasteiger partial charge in [0.1, 0.15) is 13.2 Å². The van der Waals surface area contributed by atoms with Gasteiger partial charge in [0.25, 0.3) is 5.91 Å². The van der Waals surface area contributed by atoms with Crippen molar-refractivity contribution in [2.75, 3.05) is 19.8 Å². The smallest absolute Gasteiger partial charge is 0.254 e. The lowest BCUT2D eigenvalue weighted by Gasteiger charge is -2.27. The summed E-state index contributed by atoms with van der Waals surface area (Å²) in [6.07, 6.45) is 3.14. The maximum absolute atomic E-state index is 13.1. The van der Waals surface area contributed by atoms with Gasteiger partial charge in [-0.1, -0.05) is 24.8 Å². The van der Waals surface area contributed by atoms with Gasteiger partial charge in [-0.2, -0.15) is 0 Å². The number of carbonyl (C=O) groups is 2. The van der Waals surface area contributed by atoms with E-state index in [1.54, 1.807) is 0 Å². The fourth-order valence-electron chi connectivity index (χ4n) is 3.82. The Balaban J connectivity index is 1.48. The first-order valence-electron chi connectivity index (χ1n) is 9.85. The summed E-state index contributed by atoms with van der Waals surface area (Å²) in [6.45, 7) is 5.68. The minimum absolute atomic E-state index is 0.0177. The average Bonchev–Trinajstić information content (AvgIpc) is 3.27. The van der Waals surface area contributed by atoms with Crippen molar-refractivity contribution in [1.82, 2.24) is 10.2 Å². The Morgan fingerprint density at radius 3 is 2.62 bits per heavy atom. The van der Waals surface area contributed by atoms with E-state index in [0.717, 1.165) is 42.0 Å². The van der Waals surface area contributed by atoms with Crippen molar-refractivity contribution in [3.63, 3.8) is 0 Å². The molecule has 6 nitrogen and oxygen atoms in total. The number of ether oxygens (including phenoxy) is 2. The highest BCUT2D eigenvalue weighted by atomic mass is 16.6. The predicted molar refractivity (Wildman–Crippen MR) is 109 cm³/mol. The van der Waals surface area contributed by atoms with Crippen molar-refractivity contribution >= 4 is 11.8 Å². The number of hydrogen-bond donors (Lipinski definition) is 1. The first-order chi connectivity index (χ1) is 14.2. The Hall–Kier alpha value is -3.28. The molecular formula is C23H24N2O4. The molecule has 1 fully saturated rings. The summed E-state index contributed by atoms with van der Waals surface area (Å²) < 4.78 is 11.3. The van der Waals surface area contributed by atoms with Crippen molar-refractivity contribution in [1.29, 1.82) is 0 Å². The molecule has 29 heavy (non-hydrogen) atoms. The molecule has 2 aromatic carbocycles. The van der Waals surface area contributed by atoms with Gasteiger partial charge in [0.15, 0.2) is 11.5 Å². The van der Waals surface area contributed by atoms with Crippen LogP contribution < -0.4 is 14.8 Å². The normalized spacial score (nSPS) is 17.7. The Labute approximate surface area is 170 Å². The van der Waals surface area contributed by atoms with Gasteiger partial charge >= 0.3 is 0 Å². The lowest BCUT2D eigenvalue weighted by Crippen LogP contribution is -2.30. The van der Waals surface area contributed by atoms with Crippen LogP contribution in [0, 0.1) is 0 Å². The maximum Gasteiger partial charge on any atom is 0.254 e. The van der Waals surface area contributed by atoms with Gasteiger partial charge in [0.05, 0.1) is 6.04 Å². The Bertz CT molecular complexity index is 923. The third-order valence-corrected chi connectivity index (χ3v) is 5.32. The zero-order valence-electron chi connectivity index (χ0n) is 16.2. The third-order valence-electron chi connectivity index (χ3n) is 5.32. The van der Waals surface area contributed by atoms with Gasteiger partial charge in [0, 0.05) is 18.7 Å². The molecule has 2 amide bonds. The van der Waals surface area contributed by atoms with Crippen LogP contribution >= 0.6 is 0 Å². The van der Waals surface area contributed by atoms with Gasteiger partial charge < -0.3 is 19.7 Å². The third kappa shape index (κ3) is 4.11. The highest BCUT2D eigenvalue weighted by Crippen LogP contribution is 2.38. The first-order valence-corrected chi connectivity index (χ1v) is 9.85. The molecular weight excluding hydrogens is 368 g/mol. The molecule has 4 rings (SSSR count). The van der Waals surface area contributed by atoms with Crippen LogP contribution in [0.5, 0.6) is 11.5 Å². The average molecular weight is 392 g/mol. The molecule has 2 heterocycles. The van der Waals surface area contributed by atoms with Crippen LogP contribution in [0.1, 0.15) is 40.4 Å². The molecule has 2 aliphatic rings. The lowest BCUT2D eigenvalue weighted by atomic mass is 10.0. The Morgan fingerprint density at radius 1 is 1.10 bits per heavy atom. The van der Waals surface area contributed by atoms with Crippen LogP contribution in [0.3, 0.4) is 0 Å². The standard InChI is InChI=1S/C23H24N2O4/c1-2-22(26)24-15-16-5-7-17(8-6-16)23(27)25-11-3-4-19(25)18-9-10-20-21(14-18)29-13-12-28-20/h2,5-10,14,19H,1,3-4,11-13,15H2,(H,24,26). The number of amides is 2. The zero-order valence-corrected chi connectivity index (χ0v) is 16.2. The molecule has 2 aliphatic heterocycles. The molecule has 0 saturated carbocycles. The quantitative estimate of drug-likeness (QED) is 0.794. The minimum Gasteiger partial charge on any atom is -0.486 e. The molecule has 1 saturated heterocycles. The number of hydrogen-bond acceptors (Lipinski definition) is 4. The van der Waals surface area contributed by atoms with Crippen molar-refractivity contribution < 1.29 is 19.1 Å². The molecule has 0 aliphatic carbocycles. The molecule has 1 N–H and O–H groups in total. The number of carbonyl (C=O) groups excluding carboxylic acids is 2. The summed E-state index contributed by atoms with van der Waals surface area (Å²) in [6, 6.07) is 13.3. The number of nitrogens with zero attached hydrogens (tertiary/aromatic N) is 1. The molecule has 2 aromatic rings. The Morgan fingerprint density at radius 2 is 1.86 bits per heavy atom. The van der Waals surface area contributed by atoms with Gasteiger partial charge in [-0.05, 0) is 54.3 Å². The molecule has 0 aromatic heterocycles. The molecule has 6 heteroatoms. The van der Waals surface area contributed by atoms with E-state index in [1.807, 2.05) is 47.4 Å². The summed E-state index contributed by atoms with van der Waals surface area (Å²) in [7, 11) is 0. The van der Waals surface area contributed by atoms with Crippen LogP contribution in [0.25, 0.3) is 0 Å². The van der Waals surface area contributed by atoms with Gasteiger partial charge in [-0.15, -0.1) is 0 Å². The highest BCUT2D eigenvalue weighted by Gasteiger charge is 2.31. The van der Waals surface area contributed by atoms with Crippen LogP contribution in [-0.4, -0.2) is 36.5 Å². The number of benzene rings is 2. The largest absolute Gasteiger partial charge is 0.486 e. The van der Waals surface area contributed by atoms with Crippen molar-refractivity contribution in [3.8, 4) is 11.5 Å². The molecule has 1 atom stereocenters. The van der Waals surface area contributed by atoms with Gasteiger partial charge in [-0.25, -0.2) is 0 Å². The van der Waals surface area contributed by atoms with Crippen LogP contribution in [-0.2, 0) is 11.3 Å². The molecule has 1 unspecified atom stereocenters. The second-order valence-electron chi connectivity index (χ2n) is 7.18. The number of rotatable bonds is 5. The summed E-state index contributed by atoms with van der Waals surface area (Å²) in [5.41, 5.74) is 2.65. The van der Waals surface area contributed by atoms with Crippen LogP contribution in [0.15, 0.2) is 55.1 Å². The van der Waals surface area contributed by atoms with E-state index in [1.165, 1.54) is 6.08 Å². The van der Waals surface area contributed by atoms with E-state index in [-0.39, 0.29) is 17.9 Å². The molecule has 0 radical (unpaired) electrons. The Kier molecular flexibility index (Phi) is 5.51. The predicted octanol–water partition coefficient (Wildman–Crippen LogP) is 3.24. The summed E-state index contributed by atoms with van der Waals surface area (Å²) >= 11 is 0. The molecule has 150 valence electrons. The van der Waals surface area contributed by atoms with E-state index >= 15 is 0 Å². The maximum atomic E-state index is 13.1. The van der Waals surface area contributed by atoms with E-state index < -0.39 is 0 Å². The summed E-state index contributed by atoms with van der Waals surface area (Å²) in [5, 5.41) is 2.73. The highest BCUT2D eigenvalue weighted by molar-refractivity contribution is 5.94. The van der Waals surface area contributed by atoms with Gasteiger partial charge in [-0.3, -0.25) is 9.59 Å². The fourth-order valence-corrected chi connectivity index (χ4v) is 3.82. The topological polar surface area (TPSA) is 67.9 Å². The lowest BCUT2D eigenvalue weighted by molar-refractivity contribution is -0.116. The number of fused-ring (bicyclic) bond motifs is 1. The fraction of sp³-hybridized carbons (Fsp3) is 0.304. The second-order valence-corrected chi connectivity index (χ2v) is 7.18. The zero-order chi connectivity index (χ0) is 20.2. The van der Waals surface area contributed by atoms with E-state index in [4.69, 9.17) is 9.47 Å². The minimum atomic E-state index is -0.218.